The van der Waals surface area contributed by atoms with Crippen LogP contribution in [0, 0.1) is 6.92 Å². The molecule has 27 heavy (non-hydrogen) atoms. The van der Waals surface area contributed by atoms with Crippen molar-refractivity contribution in [2.24, 2.45) is 12.0 Å². The van der Waals surface area contributed by atoms with Crippen LogP contribution in [0.5, 0.6) is 0 Å². The third-order valence-corrected chi connectivity index (χ3v) is 4.78. The molecule has 0 saturated carbocycles. The van der Waals surface area contributed by atoms with Crippen molar-refractivity contribution in [3.63, 3.8) is 0 Å². The minimum absolute atomic E-state index is 0. The zero-order valence-electron chi connectivity index (χ0n) is 17.5. The quantitative estimate of drug-likeness (QED) is 0.351. The van der Waals surface area contributed by atoms with E-state index in [0.717, 1.165) is 31.0 Å². The second-order valence-corrected chi connectivity index (χ2v) is 6.62. The SMILES string of the molecule is CCNC(=NCc1c(CC)nn(C)c1CC)NC(C)c1ccccc1C.I. The lowest BCUT2D eigenvalue weighted by Gasteiger charge is -2.20. The van der Waals surface area contributed by atoms with Gasteiger partial charge in [-0.05, 0) is 44.7 Å². The molecule has 0 amide bonds. The third-order valence-electron chi connectivity index (χ3n) is 4.78. The molecule has 2 N–H and O–H groups in total. The van der Waals surface area contributed by atoms with Gasteiger partial charge in [-0.2, -0.15) is 5.10 Å². The van der Waals surface area contributed by atoms with Gasteiger partial charge in [0.15, 0.2) is 5.96 Å². The normalized spacial score (nSPS) is 12.4. The maximum absolute atomic E-state index is 4.85. The zero-order valence-corrected chi connectivity index (χ0v) is 19.8. The Kier molecular flexibility index (Phi) is 9.83. The predicted octanol–water partition coefficient (Wildman–Crippen LogP) is 4.29. The molecule has 1 atom stereocenters. The number of hydrogen-bond donors (Lipinski definition) is 2. The zero-order chi connectivity index (χ0) is 19.1. The summed E-state index contributed by atoms with van der Waals surface area (Å²) in [5, 5.41) is 11.6. The predicted molar refractivity (Wildman–Crippen MR) is 125 cm³/mol. The maximum atomic E-state index is 4.85. The Morgan fingerprint density at radius 2 is 1.89 bits per heavy atom. The first kappa shape index (κ1) is 23.5. The van der Waals surface area contributed by atoms with Gasteiger partial charge in [0.05, 0.1) is 18.3 Å². The van der Waals surface area contributed by atoms with Gasteiger partial charge in [-0.25, -0.2) is 4.99 Å². The van der Waals surface area contributed by atoms with Crippen LogP contribution in [0.25, 0.3) is 0 Å². The van der Waals surface area contributed by atoms with Crippen molar-refractivity contribution in [3.8, 4) is 0 Å². The number of halogens is 1. The molecule has 5 nitrogen and oxygen atoms in total. The number of nitrogens with zero attached hydrogens (tertiary/aromatic N) is 3. The minimum atomic E-state index is 0. The topological polar surface area (TPSA) is 54.2 Å². The molecule has 0 fully saturated rings. The van der Waals surface area contributed by atoms with Crippen LogP contribution in [-0.4, -0.2) is 22.3 Å². The van der Waals surface area contributed by atoms with E-state index in [0.29, 0.717) is 6.54 Å². The molecule has 2 aromatic rings. The van der Waals surface area contributed by atoms with Crippen LogP contribution in [0.15, 0.2) is 29.3 Å². The monoisotopic (exact) mass is 483 g/mol. The molecule has 0 spiro atoms. The van der Waals surface area contributed by atoms with Gasteiger partial charge >= 0.3 is 0 Å². The Morgan fingerprint density at radius 1 is 1.19 bits per heavy atom. The number of nitrogens with one attached hydrogen (secondary N) is 2. The fraction of sp³-hybridized carbons (Fsp3) is 0.524. The molecule has 1 aromatic heterocycles. The maximum Gasteiger partial charge on any atom is 0.192 e. The third kappa shape index (κ3) is 5.96. The van der Waals surface area contributed by atoms with E-state index in [1.54, 1.807) is 0 Å². The molecule has 0 aliphatic carbocycles. The van der Waals surface area contributed by atoms with Crippen molar-refractivity contribution in [3.05, 3.63) is 52.3 Å². The number of aliphatic imine (C=N–C) groups is 1. The lowest BCUT2D eigenvalue weighted by Crippen LogP contribution is -2.38. The van der Waals surface area contributed by atoms with Gasteiger partial charge < -0.3 is 10.6 Å². The van der Waals surface area contributed by atoms with Crippen LogP contribution in [0.1, 0.15) is 61.8 Å². The molecule has 1 aromatic carbocycles. The van der Waals surface area contributed by atoms with Crippen molar-refractivity contribution in [2.75, 3.05) is 6.54 Å². The van der Waals surface area contributed by atoms with Crippen LogP contribution in [0.2, 0.25) is 0 Å². The van der Waals surface area contributed by atoms with Crippen molar-refractivity contribution in [1.29, 1.82) is 0 Å². The molecule has 0 aliphatic rings. The summed E-state index contributed by atoms with van der Waals surface area (Å²) in [7, 11) is 2.02. The lowest BCUT2D eigenvalue weighted by molar-refractivity contribution is 0.681. The molecule has 1 heterocycles. The van der Waals surface area contributed by atoms with E-state index in [4.69, 9.17) is 4.99 Å². The number of aryl methyl sites for hydroxylation is 3. The Balaban J connectivity index is 0.00000364. The van der Waals surface area contributed by atoms with Crippen molar-refractivity contribution >= 4 is 29.9 Å². The second-order valence-electron chi connectivity index (χ2n) is 6.62. The van der Waals surface area contributed by atoms with Crippen LogP contribution in [0.4, 0.5) is 0 Å². The molecular weight excluding hydrogens is 449 g/mol. The first-order valence-electron chi connectivity index (χ1n) is 9.65. The highest BCUT2D eigenvalue weighted by atomic mass is 127. The standard InChI is InChI=1S/C21H33N5.HI/c1-7-19-18(20(8-2)26(6)25-19)14-23-21(22-9-3)24-16(5)17-13-11-10-12-15(17)4;/h10-13,16H,7-9,14H2,1-6H3,(H2,22,23,24);1H. The van der Waals surface area contributed by atoms with Gasteiger partial charge in [0.2, 0.25) is 0 Å². The van der Waals surface area contributed by atoms with Crippen LogP contribution >= 0.6 is 24.0 Å². The van der Waals surface area contributed by atoms with E-state index >= 15 is 0 Å². The molecule has 0 radical (unpaired) electrons. The highest BCUT2D eigenvalue weighted by Gasteiger charge is 2.14. The summed E-state index contributed by atoms with van der Waals surface area (Å²) in [6.45, 7) is 12.2. The summed E-state index contributed by atoms with van der Waals surface area (Å²) in [6, 6.07) is 8.67. The Hall–Kier alpha value is -1.57. The van der Waals surface area contributed by atoms with E-state index in [1.165, 1.54) is 22.4 Å². The lowest BCUT2D eigenvalue weighted by atomic mass is 10.0. The Bertz CT molecular complexity index is 751. The number of benzene rings is 1. The van der Waals surface area contributed by atoms with Gasteiger partial charge in [-0.3, -0.25) is 4.68 Å². The molecule has 1 unspecified atom stereocenters. The average Bonchev–Trinajstić information content (AvgIpc) is 2.94. The van der Waals surface area contributed by atoms with Crippen molar-refractivity contribution in [2.45, 2.75) is 60.0 Å². The van der Waals surface area contributed by atoms with Crippen molar-refractivity contribution < 1.29 is 0 Å². The van der Waals surface area contributed by atoms with Crippen LogP contribution in [-0.2, 0) is 26.4 Å². The van der Waals surface area contributed by atoms with E-state index in [-0.39, 0.29) is 30.0 Å². The van der Waals surface area contributed by atoms with Crippen LogP contribution in [0.3, 0.4) is 0 Å². The van der Waals surface area contributed by atoms with E-state index < -0.39 is 0 Å². The smallest absolute Gasteiger partial charge is 0.192 e. The van der Waals surface area contributed by atoms with Crippen LogP contribution < -0.4 is 10.6 Å². The number of rotatable bonds is 7. The average molecular weight is 483 g/mol. The second kappa shape index (κ2) is 11.3. The highest BCUT2D eigenvalue weighted by Crippen LogP contribution is 2.18. The number of hydrogen-bond acceptors (Lipinski definition) is 2. The molecule has 2 rings (SSSR count). The van der Waals surface area contributed by atoms with Gasteiger partial charge in [-0.15, -0.1) is 24.0 Å². The molecule has 0 aliphatic heterocycles. The summed E-state index contributed by atoms with van der Waals surface area (Å²) in [5.41, 5.74) is 6.27. The van der Waals surface area contributed by atoms with Gasteiger partial charge in [0.25, 0.3) is 0 Å². The summed E-state index contributed by atoms with van der Waals surface area (Å²) in [5.74, 6) is 0.844. The van der Waals surface area contributed by atoms with Gasteiger partial charge in [-0.1, -0.05) is 38.1 Å². The van der Waals surface area contributed by atoms with E-state index in [2.05, 4.69) is 74.6 Å². The molecule has 0 saturated heterocycles. The number of aromatic nitrogens is 2. The minimum Gasteiger partial charge on any atom is -0.357 e. The molecule has 150 valence electrons. The molecule has 6 heteroatoms. The summed E-state index contributed by atoms with van der Waals surface area (Å²) in [6.07, 6.45) is 1.90. The fourth-order valence-electron chi connectivity index (χ4n) is 3.41. The first-order valence-corrected chi connectivity index (χ1v) is 9.65. The summed E-state index contributed by atoms with van der Waals surface area (Å²) >= 11 is 0. The molecular formula is C21H34IN5. The first-order chi connectivity index (χ1) is 12.5. The molecule has 0 bridgehead atoms. The van der Waals surface area contributed by atoms with E-state index in [9.17, 15) is 0 Å². The van der Waals surface area contributed by atoms with Crippen molar-refractivity contribution in [1.82, 2.24) is 20.4 Å². The summed E-state index contributed by atoms with van der Waals surface area (Å²) in [4.78, 5) is 4.85. The highest BCUT2D eigenvalue weighted by molar-refractivity contribution is 14.0. The summed E-state index contributed by atoms with van der Waals surface area (Å²) < 4.78 is 2.00. The van der Waals surface area contributed by atoms with Gasteiger partial charge in [0, 0.05) is 24.8 Å². The van der Waals surface area contributed by atoms with Gasteiger partial charge in [0.1, 0.15) is 0 Å². The van der Waals surface area contributed by atoms with E-state index in [1.807, 2.05) is 11.7 Å². The Morgan fingerprint density at radius 3 is 2.48 bits per heavy atom. The number of guanidine groups is 1. The fourth-order valence-corrected chi connectivity index (χ4v) is 3.41. The Labute approximate surface area is 181 Å². The largest absolute Gasteiger partial charge is 0.357 e.